The molecule has 0 saturated heterocycles. The van der Waals surface area contributed by atoms with Crippen molar-refractivity contribution in [3.63, 3.8) is 0 Å². The molecule has 0 spiro atoms. The lowest BCUT2D eigenvalue weighted by Gasteiger charge is -2.25. The number of ether oxygens (including phenoxy) is 1. The molecule has 3 heteroatoms. The van der Waals surface area contributed by atoms with Crippen LogP contribution in [0, 0.1) is 12.7 Å². The second kappa shape index (κ2) is 5.61. The van der Waals surface area contributed by atoms with Crippen molar-refractivity contribution >= 4 is 0 Å². The van der Waals surface area contributed by atoms with Crippen molar-refractivity contribution in [2.75, 3.05) is 0 Å². The first kappa shape index (κ1) is 12.5. The molecule has 17 heavy (non-hydrogen) atoms. The van der Waals surface area contributed by atoms with Crippen molar-refractivity contribution < 1.29 is 14.2 Å². The molecular weight excluding hydrogens is 219 g/mol. The molecule has 0 amide bonds. The third kappa shape index (κ3) is 3.51. The minimum atomic E-state index is -0.202. The van der Waals surface area contributed by atoms with Crippen molar-refractivity contribution in [1.82, 2.24) is 0 Å². The average Bonchev–Trinajstić information content (AvgIpc) is 2.30. The first-order valence-corrected chi connectivity index (χ1v) is 6.20. The predicted octanol–water partition coefficient (Wildman–Crippen LogP) is 2.95. The maximum atomic E-state index is 12.9. The van der Waals surface area contributed by atoms with E-state index in [4.69, 9.17) is 4.74 Å². The molecule has 1 aliphatic carbocycles. The van der Waals surface area contributed by atoms with E-state index in [1.165, 1.54) is 12.1 Å². The molecule has 2 rings (SSSR count). The largest absolute Gasteiger partial charge is 0.393 e. The van der Waals surface area contributed by atoms with Gasteiger partial charge in [-0.1, -0.05) is 6.07 Å². The third-order valence-electron chi connectivity index (χ3n) is 3.42. The van der Waals surface area contributed by atoms with Gasteiger partial charge in [0.2, 0.25) is 0 Å². The van der Waals surface area contributed by atoms with Crippen LogP contribution in [0.5, 0.6) is 0 Å². The van der Waals surface area contributed by atoms with Gasteiger partial charge in [0.05, 0.1) is 18.8 Å². The van der Waals surface area contributed by atoms with Gasteiger partial charge in [0, 0.05) is 0 Å². The summed E-state index contributed by atoms with van der Waals surface area (Å²) in [6.07, 6.45) is 3.58. The van der Waals surface area contributed by atoms with Crippen LogP contribution in [0.2, 0.25) is 0 Å². The van der Waals surface area contributed by atoms with Gasteiger partial charge < -0.3 is 9.84 Å². The molecule has 0 aliphatic heterocycles. The van der Waals surface area contributed by atoms with Gasteiger partial charge in [-0.2, -0.15) is 0 Å². The SMILES string of the molecule is Cc1cc(F)ccc1COC1CCC(O)CC1. The van der Waals surface area contributed by atoms with E-state index in [2.05, 4.69) is 0 Å². The summed E-state index contributed by atoms with van der Waals surface area (Å²) < 4.78 is 18.7. The summed E-state index contributed by atoms with van der Waals surface area (Å²) in [6, 6.07) is 4.78. The number of hydrogen-bond donors (Lipinski definition) is 1. The van der Waals surface area contributed by atoms with Gasteiger partial charge in [0.15, 0.2) is 0 Å². The standard InChI is InChI=1S/C14H19FO2/c1-10-8-12(15)3-2-11(10)9-17-14-6-4-13(16)5-7-14/h2-3,8,13-14,16H,4-7,9H2,1H3. The Balaban J connectivity index is 1.85. The zero-order valence-corrected chi connectivity index (χ0v) is 10.2. The second-order valence-corrected chi connectivity index (χ2v) is 4.81. The number of rotatable bonds is 3. The van der Waals surface area contributed by atoms with Crippen LogP contribution in [0.1, 0.15) is 36.8 Å². The highest BCUT2D eigenvalue weighted by Gasteiger charge is 2.19. The fourth-order valence-electron chi connectivity index (χ4n) is 2.24. The Labute approximate surface area is 101 Å². The minimum Gasteiger partial charge on any atom is -0.393 e. The van der Waals surface area contributed by atoms with Gasteiger partial charge in [-0.3, -0.25) is 0 Å². The normalized spacial score (nSPS) is 24.9. The smallest absolute Gasteiger partial charge is 0.123 e. The van der Waals surface area contributed by atoms with Crippen LogP contribution in [0.25, 0.3) is 0 Å². The van der Waals surface area contributed by atoms with E-state index in [-0.39, 0.29) is 18.0 Å². The molecule has 0 heterocycles. The first-order valence-electron chi connectivity index (χ1n) is 6.20. The van der Waals surface area contributed by atoms with Crippen molar-refractivity contribution in [2.24, 2.45) is 0 Å². The van der Waals surface area contributed by atoms with Crippen molar-refractivity contribution in [1.29, 1.82) is 0 Å². The maximum absolute atomic E-state index is 12.9. The molecule has 94 valence electrons. The molecule has 0 unspecified atom stereocenters. The van der Waals surface area contributed by atoms with Gasteiger partial charge >= 0.3 is 0 Å². The molecule has 0 aromatic heterocycles. The van der Waals surface area contributed by atoms with E-state index in [1.54, 1.807) is 6.07 Å². The number of benzene rings is 1. The summed E-state index contributed by atoms with van der Waals surface area (Å²) in [5, 5.41) is 9.39. The van der Waals surface area contributed by atoms with Gasteiger partial charge in [-0.15, -0.1) is 0 Å². The molecule has 0 bridgehead atoms. The highest BCUT2D eigenvalue weighted by atomic mass is 19.1. The Morgan fingerprint density at radius 1 is 1.29 bits per heavy atom. The van der Waals surface area contributed by atoms with Crippen LogP contribution < -0.4 is 0 Å². The van der Waals surface area contributed by atoms with Gasteiger partial charge in [-0.25, -0.2) is 4.39 Å². The Morgan fingerprint density at radius 2 is 2.00 bits per heavy atom. The molecule has 1 aliphatic rings. The predicted molar refractivity (Wildman–Crippen MR) is 64.2 cm³/mol. The summed E-state index contributed by atoms with van der Waals surface area (Å²) in [5.41, 5.74) is 1.97. The summed E-state index contributed by atoms with van der Waals surface area (Å²) in [5.74, 6) is -0.202. The minimum absolute atomic E-state index is 0.151. The summed E-state index contributed by atoms with van der Waals surface area (Å²) in [6.45, 7) is 2.43. The quantitative estimate of drug-likeness (QED) is 0.877. The molecule has 1 aromatic carbocycles. The number of halogens is 1. The van der Waals surface area contributed by atoms with Crippen LogP contribution in [-0.4, -0.2) is 17.3 Å². The van der Waals surface area contributed by atoms with Gasteiger partial charge in [-0.05, 0) is 55.9 Å². The van der Waals surface area contributed by atoms with Gasteiger partial charge in [0.1, 0.15) is 5.82 Å². The van der Waals surface area contributed by atoms with E-state index in [0.717, 1.165) is 36.8 Å². The molecule has 2 nitrogen and oxygen atoms in total. The zero-order chi connectivity index (χ0) is 12.3. The maximum Gasteiger partial charge on any atom is 0.123 e. The Kier molecular flexibility index (Phi) is 4.13. The fourth-order valence-corrected chi connectivity index (χ4v) is 2.24. The lowest BCUT2D eigenvalue weighted by Crippen LogP contribution is -2.24. The highest BCUT2D eigenvalue weighted by molar-refractivity contribution is 5.25. The molecule has 1 saturated carbocycles. The summed E-state index contributed by atoms with van der Waals surface area (Å²) in [4.78, 5) is 0. The van der Waals surface area contributed by atoms with E-state index >= 15 is 0 Å². The van der Waals surface area contributed by atoms with Crippen LogP contribution in [0.4, 0.5) is 4.39 Å². The van der Waals surface area contributed by atoms with Crippen molar-refractivity contribution in [3.05, 3.63) is 35.1 Å². The molecule has 1 fully saturated rings. The first-order chi connectivity index (χ1) is 8.15. The number of aliphatic hydroxyl groups is 1. The molecule has 1 N–H and O–H groups in total. The zero-order valence-electron chi connectivity index (χ0n) is 10.2. The molecule has 0 atom stereocenters. The monoisotopic (exact) mass is 238 g/mol. The van der Waals surface area contributed by atoms with Gasteiger partial charge in [0.25, 0.3) is 0 Å². The number of aliphatic hydroxyl groups excluding tert-OH is 1. The van der Waals surface area contributed by atoms with Crippen molar-refractivity contribution in [3.8, 4) is 0 Å². The topological polar surface area (TPSA) is 29.5 Å². The highest BCUT2D eigenvalue weighted by Crippen LogP contribution is 2.22. The van der Waals surface area contributed by atoms with Crippen LogP contribution in [0.3, 0.4) is 0 Å². The fraction of sp³-hybridized carbons (Fsp3) is 0.571. The number of hydrogen-bond acceptors (Lipinski definition) is 2. The molecule has 0 radical (unpaired) electrons. The third-order valence-corrected chi connectivity index (χ3v) is 3.42. The summed E-state index contributed by atoms with van der Waals surface area (Å²) >= 11 is 0. The van der Waals surface area contributed by atoms with Crippen LogP contribution in [-0.2, 0) is 11.3 Å². The summed E-state index contributed by atoms with van der Waals surface area (Å²) in [7, 11) is 0. The lowest BCUT2D eigenvalue weighted by molar-refractivity contribution is -0.0120. The number of aryl methyl sites for hydroxylation is 1. The van der Waals surface area contributed by atoms with E-state index in [0.29, 0.717) is 6.61 Å². The van der Waals surface area contributed by atoms with E-state index in [1.807, 2.05) is 6.92 Å². The van der Waals surface area contributed by atoms with E-state index in [9.17, 15) is 9.50 Å². The van der Waals surface area contributed by atoms with Crippen LogP contribution in [0.15, 0.2) is 18.2 Å². The Hall–Kier alpha value is -0.930. The Morgan fingerprint density at radius 3 is 2.65 bits per heavy atom. The van der Waals surface area contributed by atoms with E-state index < -0.39 is 0 Å². The van der Waals surface area contributed by atoms with Crippen LogP contribution >= 0.6 is 0 Å². The van der Waals surface area contributed by atoms with Crippen molar-refractivity contribution in [2.45, 2.75) is 51.4 Å². The molecule has 1 aromatic rings. The second-order valence-electron chi connectivity index (χ2n) is 4.81. The lowest BCUT2D eigenvalue weighted by atomic mass is 9.95. The average molecular weight is 238 g/mol. The molecular formula is C14H19FO2. The Bertz CT molecular complexity index is 370.